The minimum absolute atomic E-state index is 0.0332. The SMILES string of the molecule is O=C(NC1CC1)C(c1ccccc1)N1CCN(S(=O)(=O)c2c(Cl)cccc2Cl)CC1. The molecule has 160 valence electrons. The molecule has 4 rings (SSSR count). The van der Waals surface area contributed by atoms with E-state index in [1.54, 1.807) is 6.07 Å². The molecule has 0 radical (unpaired) electrons. The van der Waals surface area contributed by atoms with Crippen LogP contribution < -0.4 is 5.32 Å². The van der Waals surface area contributed by atoms with Crippen molar-refractivity contribution in [1.29, 1.82) is 0 Å². The molecule has 1 amide bonds. The highest BCUT2D eigenvalue weighted by Gasteiger charge is 2.37. The molecule has 2 aromatic carbocycles. The van der Waals surface area contributed by atoms with Crippen LogP contribution in [0.2, 0.25) is 10.0 Å². The Balaban J connectivity index is 1.52. The van der Waals surface area contributed by atoms with Gasteiger partial charge in [-0.25, -0.2) is 8.42 Å². The average Bonchev–Trinajstić information content (AvgIpc) is 3.53. The Morgan fingerprint density at radius 3 is 2.10 bits per heavy atom. The number of hydrogen-bond donors (Lipinski definition) is 1. The number of benzene rings is 2. The van der Waals surface area contributed by atoms with Gasteiger partial charge in [-0.2, -0.15) is 4.31 Å². The van der Waals surface area contributed by atoms with Crippen molar-refractivity contribution in [3.63, 3.8) is 0 Å². The molecular formula is C21H23Cl2N3O3S. The second-order valence-electron chi connectivity index (χ2n) is 7.59. The van der Waals surface area contributed by atoms with Gasteiger partial charge in [0.2, 0.25) is 15.9 Å². The van der Waals surface area contributed by atoms with Crippen LogP contribution >= 0.6 is 23.2 Å². The number of rotatable bonds is 6. The third kappa shape index (κ3) is 4.50. The molecule has 1 saturated carbocycles. The molecule has 1 heterocycles. The van der Waals surface area contributed by atoms with E-state index >= 15 is 0 Å². The summed E-state index contributed by atoms with van der Waals surface area (Å²) in [6.07, 6.45) is 2.02. The van der Waals surface area contributed by atoms with E-state index in [9.17, 15) is 13.2 Å². The van der Waals surface area contributed by atoms with Crippen LogP contribution in [0.1, 0.15) is 24.4 Å². The number of hydrogen-bond acceptors (Lipinski definition) is 4. The first-order valence-corrected chi connectivity index (χ1v) is 12.1. The van der Waals surface area contributed by atoms with Gasteiger partial charge in [0.25, 0.3) is 0 Å². The van der Waals surface area contributed by atoms with E-state index in [1.807, 2.05) is 35.2 Å². The first-order valence-electron chi connectivity index (χ1n) is 9.91. The van der Waals surface area contributed by atoms with E-state index in [2.05, 4.69) is 5.32 Å². The summed E-state index contributed by atoms with van der Waals surface area (Å²) in [7, 11) is -3.82. The van der Waals surface area contributed by atoms with E-state index in [0.717, 1.165) is 18.4 Å². The molecule has 30 heavy (non-hydrogen) atoms. The van der Waals surface area contributed by atoms with Crippen LogP contribution in [-0.2, 0) is 14.8 Å². The van der Waals surface area contributed by atoms with E-state index in [0.29, 0.717) is 13.1 Å². The molecule has 2 aliphatic rings. The predicted octanol–water partition coefficient (Wildman–Crippen LogP) is 3.32. The monoisotopic (exact) mass is 467 g/mol. The Morgan fingerprint density at radius 1 is 0.933 bits per heavy atom. The Labute approximate surface area is 186 Å². The highest BCUT2D eigenvalue weighted by molar-refractivity contribution is 7.89. The third-order valence-electron chi connectivity index (χ3n) is 5.44. The summed E-state index contributed by atoms with van der Waals surface area (Å²) in [4.78, 5) is 14.9. The zero-order valence-corrected chi connectivity index (χ0v) is 18.6. The number of nitrogens with one attached hydrogen (secondary N) is 1. The Kier molecular flexibility index (Phi) is 6.36. The number of sulfonamides is 1. The van der Waals surface area contributed by atoms with Crippen LogP contribution in [0.5, 0.6) is 0 Å². The molecule has 1 atom stereocenters. The van der Waals surface area contributed by atoms with Crippen molar-refractivity contribution < 1.29 is 13.2 Å². The molecule has 1 saturated heterocycles. The summed E-state index contributed by atoms with van der Waals surface area (Å²) >= 11 is 12.3. The minimum atomic E-state index is -3.82. The number of halogens is 2. The fraction of sp³-hybridized carbons (Fsp3) is 0.381. The van der Waals surface area contributed by atoms with Crippen LogP contribution in [0.25, 0.3) is 0 Å². The van der Waals surface area contributed by atoms with Crippen molar-refractivity contribution in [2.75, 3.05) is 26.2 Å². The van der Waals surface area contributed by atoms with Crippen LogP contribution in [0.4, 0.5) is 0 Å². The van der Waals surface area contributed by atoms with Crippen molar-refractivity contribution in [3.05, 3.63) is 64.1 Å². The molecule has 6 nitrogen and oxygen atoms in total. The van der Waals surface area contributed by atoms with Crippen LogP contribution in [-0.4, -0.2) is 55.8 Å². The largest absolute Gasteiger partial charge is 0.352 e. The first kappa shape index (κ1) is 21.6. The first-order chi connectivity index (χ1) is 14.4. The number of carbonyl (C=O) groups excluding carboxylic acids is 1. The summed E-state index contributed by atoms with van der Waals surface area (Å²) in [6, 6.07) is 14.1. The molecule has 1 aliphatic heterocycles. The summed E-state index contributed by atoms with van der Waals surface area (Å²) in [5.41, 5.74) is 0.904. The lowest BCUT2D eigenvalue weighted by Crippen LogP contribution is -2.52. The molecule has 0 aromatic heterocycles. The molecule has 1 aliphatic carbocycles. The van der Waals surface area contributed by atoms with E-state index in [-0.39, 0.29) is 40.0 Å². The summed E-state index contributed by atoms with van der Waals surface area (Å²) in [5, 5.41) is 3.30. The Morgan fingerprint density at radius 2 is 1.53 bits per heavy atom. The zero-order chi connectivity index (χ0) is 21.3. The lowest BCUT2D eigenvalue weighted by atomic mass is 10.0. The molecule has 1 unspecified atom stereocenters. The van der Waals surface area contributed by atoms with Gasteiger partial charge in [-0.05, 0) is 30.5 Å². The van der Waals surface area contributed by atoms with Crippen LogP contribution in [0.15, 0.2) is 53.4 Å². The normalized spacial score (nSPS) is 19.4. The molecule has 1 N–H and O–H groups in total. The van der Waals surface area contributed by atoms with Crippen LogP contribution in [0, 0.1) is 0 Å². The predicted molar refractivity (Wildman–Crippen MR) is 117 cm³/mol. The van der Waals surface area contributed by atoms with Crippen molar-refractivity contribution in [1.82, 2.24) is 14.5 Å². The molecule has 2 fully saturated rings. The smallest absolute Gasteiger partial charge is 0.246 e. The Hall–Kier alpha value is -1.64. The van der Waals surface area contributed by atoms with Crippen molar-refractivity contribution in [2.45, 2.75) is 29.8 Å². The average molecular weight is 468 g/mol. The summed E-state index contributed by atoms with van der Waals surface area (Å²) < 4.78 is 27.6. The standard InChI is InChI=1S/C21H23Cl2N3O3S/c22-17-7-4-8-18(23)20(17)30(28,29)26-13-11-25(12-14-26)19(15-5-2-1-3-6-15)21(27)24-16-9-10-16/h1-8,16,19H,9-14H2,(H,24,27). The van der Waals surface area contributed by atoms with E-state index in [1.165, 1.54) is 16.4 Å². The second-order valence-corrected chi connectivity index (χ2v) is 10.3. The van der Waals surface area contributed by atoms with Gasteiger partial charge < -0.3 is 5.32 Å². The second kappa shape index (κ2) is 8.85. The van der Waals surface area contributed by atoms with Gasteiger partial charge in [0.1, 0.15) is 10.9 Å². The quantitative estimate of drug-likeness (QED) is 0.707. The van der Waals surface area contributed by atoms with E-state index in [4.69, 9.17) is 23.2 Å². The van der Waals surface area contributed by atoms with Gasteiger partial charge in [-0.3, -0.25) is 9.69 Å². The maximum atomic E-state index is 13.1. The number of nitrogens with zero attached hydrogens (tertiary/aromatic N) is 2. The van der Waals surface area contributed by atoms with Gasteiger partial charge in [0.15, 0.2) is 0 Å². The van der Waals surface area contributed by atoms with Gasteiger partial charge in [0.05, 0.1) is 10.0 Å². The molecular weight excluding hydrogens is 445 g/mol. The third-order valence-corrected chi connectivity index (χ3v) is 8.30. The molecule has 2 aromatic rings. The fourth-order valence-electron chi connectivity index (χ4n) is 3.73. The summed E-state index contributed by atoms with van der Waals surface area (Å²) in [5.74, 6) is -0.0332. The van der Waals surface area contributed by atoms with Crippen molar-refractivity contribution in [2.24, 2.45) is 0 Å². The van der Waals surface area contributed by atoms with Crippen molar-refractivity contribution >= 4 is 39.1 Å². The number of piperazine rings is 1. The maximum Gasteiger partial charge on any atom is 0.246 e. The highest BCUT2D eigenvalue weighted by atomic mass is 35.5. The number of amides is 1. The lowest BCUT2D eigenvalue weighted by molar-refractivity contribution is -0.127. The van der Waals surface area contributed by atoms with Gasteiger partial charge in [0, 0.05) is 32.2 Å². The molecule has 0 spiro atoms. The molecule has 0 bridgehead atoms. The topological polar surface area (TPSA) is 69.7 Å². The van der Waals surface area contributed by atoms with Gasteiger partial charge in [-0.15, -0.1) is 0 Å². The zero-order valence-electron chi connectivity index (χ0n) is 16.3. The van der Waals surface area contributed by atoms with Gasteiger partial charge >= 0.3 is 0 Å². The van der Waals surface area contributed by atoms with Crippen LogP contribution in [0.3, 0.4) is 0 Å². The minimum Gasteiger partial charge on any atom is -0.352 e. The molecule has 9 heteroatoms. The van der Waals surface area contributed by atoms with Gasteiger partial charge in [-0.1, -0.05) is 59.6 Å². The van der Waals surface area contributed by atoms with Crippen molar-refractivity contribution in [3.8, 4) is 0 Å². The highest BCUT2D eigenvalue weighted by Crippen LogP contribution is 2.33. The lowest BCUT2D eigenvalue weighted by Gasteiger charge is -2.38. The summed E-state index contributed by atoms with van der Waals surface area (Å²) in [6.45, 7) is 1.37. The maximum absolute atomic E-state index is 13.1. The van der Waals surface area contributed by atoms with E-state index < -0.39 is 16.1 Å². The fourth-order valence-corrected chi connectivity index (χ4v) is 6.24. The Bertz CT molecular complexity index is 1000. The number of carbonyl (C=O) groups is 1.